The van der Waals surface area contributed by atoms with Gasteiger partial charge in [-0.2, -0.15) is 4.31 Å². The zero-order valence-electron chi connectivity index (χ0n) is 18.2. The van der Waals surface area contributed by atoms with Gasteiger partial charge < -0.3 is 9.64 Å². The minimum absolute atomic E-state index is 0.221. The van der Waals surface area contributed by atoms with Gasteiger partial charge in [0.2, 0.25) is 10.0 Å². The second kappa shape index (κ2) is 9.15. The number of carbonyl (C=O) groups is 2. The number of fused-ring (bicyclic) bond motifs is 1. The number of rotatable bonds is 7. The van der Waals surface area contributed by atoms with E-state index in [9.17, 15) is 18.0 Å². The van der Waals surface area contributed by atoms with Crippen molar-refractivity contribution in [1.29, 1.82) is 0 Å². The van der Waals surface area contributed by atoms with Crippen LogP contribution in [0.5, 0.6) is 0 Å². The van der Waals surface area contributed by atoms with Crippen molar-refractivity contribution in [2.75, 3.05) is 31.1 Å². The van der Waals surface area contributed by atoms with E-state index in [0.717, 1.165) is 5.56 Å². The number of hydrogen-bond acceptors (Lipinski definition) is 6. The average molecular weight is 446 g/mol. The van der Waals surface area contributed by atoms with Crippen LogP contribution in [0.15, 0.2) is 35.2 Å². The summed E-state index contributed by atoms with van der Waals surface area (Å²) in [5, 5.41) is 0. The van der Waals surface area contributed by atoms with Crippen molar-refractivity contribution in [1.82, 2.24) is 9.29 Å². The van der Waals surface area contributed by atoms with Gasteiger partial charge in [0.15, 0.2) is 0 Å². The molecule has 0 aliphatic carbocycles. The highest BCUT2D eigenvalue weighted by Crippen LogP contribution is 2.32. The molecule has 0 spiro atoms. The Balaban J connectivity index is 1.87. The first kappa shape index (κ1) is 22.9. The predicted molar refractivity (Wildman–Crippen MR) is 117 cm³/mol. The molecule has 8 nitrogen and oxygen atoms in total. The van der Waals surface area contributed by atoms with E-state index in [1.165, 1.54) is 10.4 Å². The highest BCUT2D eigenvalue weighted by atomic mass is 32.2. The SMILES string of the molecule is CCOC(=O)c1ccc(C(=O)N2CCc3cc(S(=O)(=O)N(CC)CC)ccc32)nc1C. The standard InChI is InChI=1S/C22H27N3O5S/c1-5-24(6-2)31(28,29)17-8-11-20-16(14-17)12-13-25(20)21(26)19-10-9-18(15(4)23-19)22(27)30-7-3/h8-11,14H,5-7,12-13H2,1-4H3. The fourth-order valence-corrected chi connectivity index (χ4v) is 5.21. The van der Waals surface area contributed by atoms with E-state index in [4.69, 9.17) is 4.74 Å². The summed E-state index contributed by atoms with van der Waals surface area (Å²) in [6.45, 7) is 8.47. The van der Waals surface area contributed by atoms with Crippen LogP contribution in [0.3, 0.4) is 0 Å². The Labute approximate surface area is 182 Å². The van der Waals surface area contributed by atoms with E-state index in [-0.39, 0.29) is 23.1 Å². The number of esters is 1. The molecule has 0 fully saturated rings. The maximum absolute atomic E-state index is 13.1. The lowest BCUT2D eigenvalue weighted by Gasteiger charge is -2.20. The lowest BCUT2D eigenvalue weighted by Crippen LogP contribution is -2.31. The van der Waals surface area contributed by atoms with Crippen LogP contribution in [0.2, 0.25) is 0 Å². The van der Waals surface area contributed by atoms with Crippen LogP contribution in [0.25, 0.3) is 0 Å². The smallest absolute Gasteiger partial charge is 0.339 e. The molecule has 0 unspecified atom stereocenters. The van der Waals surface area contributed by atoms with Crippen molar-refractivity contribution in [3.05, 3.63) is 52.8 Å². The molecule has 0 N–H and O–H groups in total. The first-order valence-electron chi connectivity index (χ1n) is 10.3. The maximum atomic E-state index is 13.1. The Morgan fingerprint density at radius 1 is 1.13 bits per heavy atom. The third-order valence-corrected chi connectivity index (χ3v) is 7.38. The van der Waals surface area contributed by atoms with Gasteiger partial charge in [-0.15, -0.1) is 0 Å². The first-order chi connectivity index (χ1) is 14.7. The predicted octanol–water partition coefficient (Wildman–Crippen LogP) is 2.80. The molecule has 9 heteroatoms. The monoisotopic (exact) mass is 445 g/mol. The maximum Gasteiger partial charge on any atom is 0.339 e. The topological polar surface area (TPSA) is 96.9 Å². The largest absolute Gasteiger partial charge is 0.462 e. The third kappa shape index (κ3) is 4.33. The number of hydrogen-bond donors (Lipinski definition) is 0. The van der Waals surface area contributed by atoms with Gasteiger partial charge in [0.1, 0.15) is 5.69 Å². The summed E-state index contributed by atoms with van der Waals surface area (Å²) in [6, 6.07) is 7.93. The lowest BCUT2D eigenvalue weighted by molar-refractivity contribution is 0.0524. The zero-order valence-corrected chi connectivity index (χ0v) is 19.0. The summed E-state index contributed by atoms with van der Waals surface area (Å²) in [4.78, 5) is 31.2. The number of ether oxygens (including phenoxy) is 1. The minimum atomic E-state index is -3.56. The molecule has 1 aromatic carbocycles. The Hall–Kier alpha value is -2.78. The number of aromatic nitrogens is 1. The van der Waals surface area contributed by atoms with Gasteiger partial charge in [-0.05, 0) is 56.2 Å². The van der Waals surface area contributed by atoms with Gasteiger partial charge in [-0.3, -0.25) is 4.79 Å². The van der Waals surface area contributed by atoms with Crippen molar-refractivity contribution in [2.45, 2.75) is 39.0 Å². The molecular formula is C22H27N3O5S. The molecule has 31 heavy (non-hydrogen) atoms. The molecule has 1 aliphatic rings. The Morgan fingerprint density at radius 2 is 1.84 bits per heavy atom. The number of sulfonamides is 1. The second-order valence-electron chi connectivity index (χ2n) is 7.14. The molecule has 0 saturated carbocycles. The Bertz CT molecular complexity index is 1110. The van der Waals surface area contributed by atoms with Crippen LogP contribution in [-0.2, 0) is 21.2 Å². The fourth-order valence-electron chi connectivity index (χ4n) is 3.71. The van der Waals surface area contributed by atoms with Gasteiger partial charge >= 0.3 is 5.97 Å². The van der Waals surface area contributed by atoms with Crippen LogP contribution in [0.4, 0.5) is 5.69 Å². The van der Waals surface area contributed by atoms with Gasteiger partial charge in [-0.25, -0.2) is 18.2 Å². The van der Waals surface area contributed by atoms with Crippen molar-refractivity contribution in [2.24, 2.45) is 0 Å². The van der Waals surface area contributed by atoms with Gasteiger partial charge in [0, 0.05) is 25.3 Å². The van der Waals surface area contributed by atoms with E-state index in [2.05, 4.69) is 4.98 Å². The lowest BCUT2D eigenvalue weighted by atomic mass is 10.1. The number of nitrogens with zero attached hydrogens (tertiary/aromatic N) is 3. The summed E-state index contributed by atoms with van der Waals surface area (Å²) in [5.41, 5.74) is 2.45. The van der Waals surface area contributed by atoms with E-state index >= 15 is 0 Å². The van der Waals surface area contributed by atoms with Crippen molar-refractivity contribution in [3.63, 3.8) is 0 Å². The highest BCUT2D eigenvalue weighted by Gasteiger charge is 2.30. The van der Waals surface area contributed by atoms with Crippen molar-refractivity contribution in [3.8, 4) is 0 Å². The summed E-state index contributed by atoms with van der Waals surface area (Å²) in [5.74, 6) is -0.767. The fraction of sp³-hybridized carbons (Fsp3) is 0.409. The molecule has 0 atom stereocenters. The van der Waals surface area contributed by atoms with E-state index in [0.29, 0.717) is 43.0 Å². The number of amides is 1. The summed E-state index contributed by atoms with van der Waals surface area (Å²) in [6.07, 6.45) is 0.558. The van der Waals surface area contributed by atoms with Crippen molar-refractivity contribution >= 4 is 27.6 Å². The summed E-state index contributed by atoms with van der Waals surface area (Å²) >= 11 is 0. The van der Waals surface area contributed by atoms with Gasteiger partial charge in [0.25, 0.3) is 5.91 Å². The first-order valence-corrected chi connectivity index (χ1v) is 11.8. The molecule has 2 heterocycles. The van der Waals surface area contributed by atoms with E-state index < -0.39 is 16.0 Å². The highest BCUT2D eigenvalue weighted by molar-refractivity contribution is 7.89. The van der Waals surface area contributed by atoms with Crippen LogP contribution in [0, 0.1) is 6.92 Å². The quantitative estimate of drug-likeness (QED) is 0.608. The molecule has 1 amide bonds. The molecule has 166 valence electrons. The van der Waals surface area contributed by atoms with Crippen molar-refractivity contribution < 1.29 is 22.7 Å². The molecule has 1 aromatic heterocycles. The Morgan fingerprint density at radius 3 is 2.45 bits per heavy atom. The minimum Gasteiger partial charge on any atom is -0.462 e. The Kier molecular flexibility index (Phi) is 6.76. The third-order valence-electron chi connectivity index (χ3n) is 5.34. The van der Waals surface area contributed by atoms with Crippen LogP contribution in [-0.4, -0.2) is 55.8 Å². The van der Waals surface area contributed by atoms with Gasteiger partial charge in [-0.1, -0.05) is 13.8 Å². The summed E-state index contributed by atoms with van der Waals surface area (Å²) < 4.78 is 32.0. The molecule has 3 rings (SSSR count). The number of pyridine rings is 1. The van der Waals surface area contributed by atoms with Crippen LogP contribution in [0.1, 0.15) is 52.9 Å². The van der Waals surface area contributed by atoms with E-state index in [1.807, 2.05) is 0 Å². The van der Waals surface area contributed by atoms with Crippen LogP contribution >= 0.6 is 0 Å². The normalized spacial score (nSPS) is 13.4. The zero-order chi connectivity index (χ0) is 22.8. The van der Waals surface area contributed by atoms with Gasteiger partial charge in [0.05, 0.1) is 22.8 Å². The number of carbonyl (C=O) groups excluding carboxylic acids is 2. The number of anilines is 1. The summed E-state index contributed by atoms with van der Waals surface area (Å²) in [7, 11) is -3.56. The van der Waals surface area contributed by atoms with E-state index in [1.54, 1.807) is 56.9 Å². The molecule has 0 radical (unpaired) electrons. The number of benzene rings is 1. The number of aryl methyl sites for hydroxylation is 1. The molecule has 0 saturated heterocycles. The molecular weight excluding hydrogens is 418 g/mol. The second-order valence-corrected chi connectivity index (χ2v) is 9.07. The average Bonchev–Trinajstić information content (AvgIpc) is 3.17. The molecule has 2 aromatic rings. The molecule has 1 aliphatic heterocycles. The molecule has 0 bridgehead atoms. The van der Waals surface area contributed by atoms with Crippen LogP contribution < -0.4 is 4.90 Å².